The Morgan fingerprint density at radius 3 is 2.26 bits per heavy atom. The third-order valence-electron chi connectivity index (χ3n) is 3.63. The first-order chi connectivity index (χ1) is 10.7. The summed E-state index contributed by atoms with van der Waals surface area (Å²) in [5, 5.41) is 3.30. The number of sulfonamides is 1. The number of carbonyl (C=O) groups is 1. The highest BCUT2D eigenvalue weighted by Gasteiger charge is 2.26. The third kappa shape index (κ3) is 5.79. The molecule has 0 bridgehead atoms. The van der Waals surface area contributed by atoms with E-state index in [2.05, 4.69) is 5.32 Å². The fourth-order valence-electron chi connectivity index (χ4n) is 1.92. The summed E-state index contributed by atoms with van der Waals surface area (Å²) in [6.07, 6.45) is 0.625. The minimum absolute atomic E-state index is 0.00999. The van der Waals surface area contributed by atoms with E-state index in [0.29, 0.717) is 11.4 Å². The number of benzene rings is 1. The largest absolute Gasteiger partial charge is 0.352 e. The Hall–Kier alpha value is -1.11. The Morgan fingerprint density at radius 2 is 1.78 bits per heavy atom. The Labute approximate surface area is 144 Å². The van der Waals surface area contributed by atoms with Crippen molar-refractivity contribution in [3.63, 3.8) is 0 Å². The lowest BCUT2D eigenvalue weighted by Gasteiger charge is -2.23. The fraction of sp³-hybridized carbons (Fsp3) is 0.562. The van der Waals surface area contributed by atoms with Crippen LogP contribution in [-0.4, -0.2) is 37.8 Å². The van der Waals surface area contributed by atoms with Gasteiger partial charge in [-0.2, -0.15) is 4.31 Å². The maximum Gasteiger partial charge on any atom is 0.243 e. The van der Waals surface area contributed by atoms with Crippen LogP contribution in [0.5, 0.6) is 0 Å². The number of hydrogen-bond donors (Lipinski definition) is 1. The number of amides is 1. The number of halogens is 1. The van der Waals surface area contributed by atoms with Crippen molar-refractivity contribution in [1.29, 1.82) is 0 Å². The van der Waals surface area contributed by atoms with Gasteiger partial charge in [0.05, 0.1) is 11.4 Å². The summed E-state index contributed by atoms with van der Waals surface area (Å²) in [5.74, 6) is -0.0105. The Balaban J connectivity index is 2.92. The van der Waals surface area contributed by atoms with Gasteiger partial charge in [0.25, 0.3) is 0 Å². The smallest absolute Gasteiger partial charge is 0.243 e. The Bertz CT molecular complexity index is 615. The van der Waals surface area contributed by atoms with Gasteiger partial charge in [0.15, 0.2) is 0 Å². The summed E-state index contributed by atoms with van der Waals surface area (Å²) < 4.78 is 26.6. The molecule has 5 nitrogen and oxygen atoms in total. The van der Waals surface area contributed by atoms with Crippen LogP contribution in [0.25, 0.3) is 0 Å². The average Bonchev–Trinajstić information content (AvgIpc) is 2.47. The van der Waals surface area contributed by atoms with Crippen molar-refractivity contribution >= 4 is 27.5 Å². The Kier molecular flexibility index (Phi) is 7.51. The second kappa shape index (κ2) is 8.66. The number of rotatable bonds is 8. The van der Waals surface area contributed by atoms with Crippen LogP contribution in [0.15, 0.2) is 29.2 Å². The van der Waals surface area contributed by atoms with Gasteiger partial charge in [-0.05, 0) is 43.5 Å². The van der Waals surface area contributed by atoms with Crippen LogP contribution >= 0.6 is 11.6 Å². The van der Waals surface area contributed by atoms with Crippen LogP contribution < -0.4 is 5.32 Å². The zero-order valence-electron chi connectivity index (χ0n) is 14.0. The minimum atomic E-state index is -3.72. The predicted octanol–water partition coefficient (Wildman–Crippen LogP) is 2.90. The van der Waals surface area contributed by atoms with Crippen LogP contribution in [0.3, 0.4) is 0 Å². The molecule has 0 saturated heterocycles. The van der Waals surface area contributed by atoms with E-state index >= 15 is 0 Å². The molecule has 0 aliphatic rings. The topological polar surface area (TPSA) is 66.5 Å². The molecule has 0 spiro atoms. The highest BCUT2D eigenvalue weighted by molar-refractivity contribution is 7.89. The average molecular weight is 361 g/mol. The zero-order chi connectivity index (χ0) is 17.6. The molecule has 0 aromatic heterocycles. The van der Waals surface area contributed by atoms with E-state index in [1.54, 1.807) is 0 Å². The van der Waals surface area contributed by atoms with Gasteiger partial charge in [-0.15, -0.1) is 0 Å². The van der Waals surface area contributed by atoms with E-state index in [1.807, 2.05) is 27.7 Å². The van der Waals surface area contributed by atoms with Crippen molar-refractivity contribution in [1.82, 2.24) is 9.62 Å². The summed E-state index contributed by atoms with van der Waals surface area (Å²) in [6, 6.07) is 5.95. The molecule has 130 valence electrons. The van der Waals surface area contributed by atoms with Gasteiger partial charge in [0.2, 0.25) is 15.9 Å². The fourth-order valence-corrected chi connectivity index (χ4v) is 3.53. The lowest BCUT2D eigenvalue weighted by molar-refractivity contribution is -0.122. The van der Waals surface area contributed by atoms with E-state index < -0.39 is 10.0 Å². The molecule has 1 aromatic rings. The molecule has 0 aliphatic carbocycles. The molecule has 1 N–H and O–H groups in total. The van der Waals surface area contributed by atoms with E-state index in [9.17, 15) is 13.2 Å². The van der Waals surface area contributed by atoms with Gasteiger partial charge >= 0.3 is 0 Å². The van der Waals surface area contributed by atoms with Gasteiger partial charge in [0, 0.05) is 17.6 Å². The molecule has 1 aromatic carbocycles. The van der Waals surface area contributed by atoms with Crippen LogP contribution in [0.4, 0.5) is 0 Å². The molecule has 0 radical (unpaired) electrons. The molecule has 0 saturated carbocycles. The standard InChI is InChI=1S/C16H25ClN2O3S/c1-5-10-19(11-16(20)18-13(4)12(2)3)23(21,22)15-8-6-14(17)7-9-15/h6-9,12-13H,5,10-11H2,1-4H3,(H,18,20). The summed E-state index contributed by atoms with van der Waals surface area (Å²) in [7, 11) is -3.72. The maximum absolute atomic E-state index is 12.7. The van der Waals surface area contributed by atoms with Crippen LogP contribution in [-0.2, 0) is 14.8 Å². The van der Waals surface area contributed by atoms with E-state index in [4.69, 9.17) is 11.6 Å². The molecule has 0 aliphatic heterocycles. The number of hydrogen-bond acceptors (Lipinski definition) is 3. The van der Waals surface area contributed by atoms with E-state index in [1.165, 1.54) is 28.6 Å². The quantitative estimate of drug-likeness (QED) is 0.775. The molecule has 0 heterocycles. The molecule has 23 heavy (non-hydrogen) atoms. The van der Waals surface area contributed by atoms with Crippen LogP contribution in [0.1, 0.15) is 34.1 Å². The molecule has 1 rings (SSSR count). The van der Waals surface area contributed by atoms with Gasteiger partial charge in [-0.3, -0.25) is 4.79 Å². The first kappa shape index (κ1) is 19.9. The molecule has 7 heteroatoms. The summed E-state index contributed by atoms with van der Waals surface area (Å²) in [4.78, 5) is 12.3. The van der Waals surface area contributed by atoms with Crippen molar-refractivity contribution in [2.75, 3.05) is 13.1 Å². The Morgan fingerprint density at radius 1 is 1.22 bits per heavy atom. The molecule has 1 unspecified atom stereocenters. The highest BCUT2D eigenvalue weighted by Crippen LogP contribution is 2.18. The highest BCUT2D eigenvalue weighted by atomic mass is 35.5. The number of carbonyl (C=O) groups excluding carboxylic acids is 1. The van der Waals surface area contributed by atoms with Gasteiger partial charge in [-0.1, -0.05) is 32.4 Å². The molecule has 0 fully saturated rings. The van der Waals surface area contributed by atoms with Crippen molar-refractivity contribution in [2.45, 2.75) is 45.1 Å². The normalized spacial score (nSPS) is 13.3. The van der Waals surface area contributed by atoms with Crippen LogP contribution in [0, 0.1) is 5.92 Å². The van der Waals surface area contributed by atoms with Gasteiger partial charge in [-0.25, -0.2) is 8.42 Å². The second-order valence-electron chi connectivity index (χ2n) is 5.89. The summed E-state index contributed by atoms with van der Waals surface area (Å²) >= 11 is 5.80. The lowest BCUT2D eigenvalue weighted by Crippen LogP contribution is -2.45. The van der Waals surface area contributed by atoms with Crippen LogP contribution in [0.2, 0.25) is 5.02 Å². The van der Waals surface area contributed by atoms with E-state index in [0.717, 1.165) is 0 Å². The monoisotopic (exact) mass is 360 g/mol. The SMILES string of the molecule is CCCN(CC(=O)NC(C)C(C)C)S(=O)(=O)c1ccc(Cl)cc1. The summed E-state index contributed by atoms with van der Waals surface area (Å²) in [5.41, 5.74) is 0. The molecular formula is C16H25ClN2O3S. The van der Waals surface area contributed by atoms with Crippen molar-refractivity contribution in [3.05, 3.63) is 29.3 Å². The summed E-state index contributed by atoms with van der Waals surface area (Å²) in [6.45, 7) is 7.88. The molecule has 1 amide bonds. The predicted molar refractivity (Wildman–Crippen MR) is 92.9 cm³/mol. The third-order valence-corrected chi connectivity index (χ3v) is 5.74. The minimum Gasteiger partial charge on any atom is -0.352 e. The molecule has 1 atom stereocenters. The van der Waals surface area contributed by atoms with Gasteiger partial charge < -0.3 is 5.32 Å². The zero-order valence-corrected chi connectivity index (χ0v) is 15.6. The second-order valence-corrected chi connectivity index (χ2v) is 8.27. The van der Waals surface area contributed by atoms with E-state index in [-0.39, 0.29) is 35.9 Å². The maximum atomic E-state index is 12.7. The van der Waals surface area contributed by atoms with Crippen molar-refractivity contribution in [2.24, 2.45) is 5.92 Å². The van der Waals surface area contributed by atoms with Crippen molar-refractivity contribution in [3.8, 4) is 0 Å². The first-order valence-corrected chi connectivity index (χ1v) is 9.55. The molecular weight excluding hydrogens is 336 g/mol. The number of nitrogens with zero attached hydrogens (tertiary/aromatic N) is 1. The first-order valence-electron chi connectivity index (χ1n) is 7.73. The van der Waals surface area contributed by atoms with Gasteiger partial charge in [0.1, 0.15) is 0 Å². The van der Waals surface area contributed by atoms with Crippen molar-refractivity contribution < 1.29 is 13.2 Å². The lowest BCUT2D eigenvalue weighted by atomic mass is 10.1. The number of nitrogens with one attached hydrogen (secondary N) is 1.